The number of aryl methyl sites for hydroxylation is 2. The normalized spacial score (nSPS) is 10.7. The summed E-state index contributed by atoms with van der Waals surface area (Å²) in [6.07, 6.45) is 1.98. The first-order valence-corrected chi connectivity index (χ1v) is 6.36. The Morgan fingerprint density at radius 1 is 1.15 bits per heavy atom. The van der Waals surface area contributed by atoms with Gasteiger partial charge in [0.15, 0.2) is 5.69 Å². The number of aromatic hydroxyl groups is 1. The number of hydrogen-bond acceptors (Lipinski definition) is 1. The molecule has 20 heavy (non-hydrogen) atoms. The highest BCUT2D eigenvalue weighted by atomic mass is 16.3. The van der Waals surface area contributed by atoms with E-state index >= 15 is 0 Å². The Kier molecular flexibility index (Phi) is 2.73. The molecule has 2 aromatic carbocycles. The van der Waals surface area contributed by atoms with E-state index in [0.29, 0.717) is 5.69 Å². The highest BCUT2D eigenvalue weighted by Gasteiger charge is 2.10. The number of fused-ring (bicyclic) bond motifs is 1. The molecule has 0 fully saturated rings. The molecule has 0 spiro atoms. The topological polar surface area (TPSA) is 29.5 Å². The van der Waals surface area contributed by atoms with Crippen molar-refractivity contribution in [3.05, 3.63) is 59.6 Å². The van der Waals surface area contributed by atoms with Crippen molar-refractivity contribution < 1.29 is 5.11 Å². The van der Waals surface area contributed by atoms with E-state index in [1.54, 1.807) is 6.07 Å². The molecule has 0 aliphatic heterocycles. The van der Waals surface area contributed by atoms with Gasteiger partial charge in [0.25, 0.3) is 0 Å². The summed E-state index contributed by atoms with van der Waals surface area (Å²) in [6.45, 7) is 9.11. The van der Waals surface area contributed by atoms with Crippen LogP contribution in [0.15, 0.2) is 42.6 Å². The van der Waals surface area contributed by atoms with Crippen LogP contribution in [0.25, 0.3) is 26.9 Å². The van der Waals surface area contributed by atoms with Gasteiger partial charge in [-0.2, -0.15) is 0 Å². The summed E-state index contributed by atoms with van der Waals surface area (Å²) in [4.78, 5) is 3.54. The van der Waals surface area contributed by atoms with Crippen LogP contribution < -0.4 is 0 Å². The molecule has 0 radical (unpaired) electrons. The summed E-state index contributed by atoms with van der Waals surface area (Å²) in [6, 6.07) is 11.4. The number of nitrogens with zero attached hydrogens (tertiary/aromatic N) is 2. The predicted molar refractivity (Wildman–Crippen MR) is 81.0 cm³/mol. The second-order valence-corrected chi connectivity index (χ2v) is 4.97. The third kappa shape index (κ3) is 1.83. The molecule has 0 aliphatic carbocycles. The summed E-state index contributed by atoms with van der Waals surface area (Å²) in [7, 11) is 1.96. The first kappa shape index (κ1) is 12.3. The highest BCUT2D eigenvalue weighted by Crippen LogP contribution is 2.35. The summed E-state index contributed by atoms with van der Waals surface area (Å²) in [5.41, 5.74) is 4.38. The first-order valence-electron chi connectivity index (χ1n) is 6.36. The maximum absolute atomic E-state index is 9.90. The largest absolute Gasteiger partial charge is 0.508 e. The van der Waals surface area contributed by atoms with Gasteiger partial charge in [-0.15, -0.1) is 0 Å². The Bertz CT molecular complexity index is 853. The molecule has 3 nitrogen and oxygen atoms in total. The molecule has 0 atom stereocenters. The fourth-order valence-electron chi connectivity index (χ4n) is 2.44. The van der Waals surface area contributed by atoms with Crippen molar-refractivity contribution in [2.24, 2.45) is 7.05 Å². The van der Waals surface area contributed by atoms with Gasteiger partial charge in [0.05, 0.1) is 6.57 Å². The lowest BCUT2D eigenvalue weighted by Gasteiger charge is -2.08. The van der Waals surface area contributed by atoms with E-state index in [-0.39, 0.29) is 5.75 Å². The van der Waals surface area contributed by atoms with Crippen LogP contribution in [0, 0.1) is 13.5 Å². The van der Waals surface area contributed by atoms with E-state index in [1.165, 1.54) is 0 Å². The zero-order valence-electron chi connectivity index (χ0n) is 11.4. The minimum atomic E-state index is 0.278. The molecule has 98 valence electrons. The van der Waals surface area contributed by atoms with Crippen LogP contribution in [-0.2, 0) is 7.05 Å². The molecule has 1 aromatic heterocycles. The van der Waals surface area contributed by atoms with Gasteiger partial charge >= 0.3 is 0 Å². The van der Waals surface area contributed by atoms with Gasteiger partial charge in [-0.3, -0.25) is 0 Å². The van der Waals surface area contributed by atoms with Crippen LogP contribution in [-0.4, -0.2) is 9.67 Å². The second-order valence-electron chi connectivity index (χ2n) is 4.97. The van der Waals surface area contributed by atoms with Gasteiger partial charge in [0.1, 0.15) is 5.75 Å². The molecule has 0 amide bonds. The van der Waals surface area contributed by atoms with Gasteiger partial charge in [-0.25, -0.2) is 4.85 Å². The summed E-state index contributed by atoms with van der Waals surface area (Å²) < 4.78 is 2.00. The van der Waals surface area contributed by atoms with E-state index in [1.807, 2.05) is 55.1 Å². The van der Waals surface area contributed by atoms with E-state index in [2.05, 4.69) is 4.85 Å². The van der Waals surface area contributed by atoms with Crippen LogP contribution in [0.3, 0.4) is 0 Å². The lowest BCUT2D eigenvalue weighted by molar-refractivity contribution is 0.471. The van der Waals surface area contributed by atoms with Crippen LogP contribution >= 0.6 is 0 Å². The molecule has 0 aliphatic rings. The van der Waals surface area contributed by atoms with E-state index in [0.717, 1.165) is 27.6 Å². The Balaban J connectivity index is 2.34. The molecule has 3 aromatic rings. The fraction of sp³-hybridized carbons (Fsp3) is 0.118. The van der Waals surface area contributed by atoms with Crippen molar-refractivity contribution in [2.75, 3.05) is 0 Å². The molecule has 3 heteroatoms. The first-order chi connectivity index (χ1) is 9.60. The monoisotopic (exact) mass is 262 g/mol. The summed E-state index contributed by atoms with van der Waals surface area (Å²) in [5.74, 6) is 0.278. The lowest BCUT2D eigenvalue weighted by atomic mass is 9.99. The van der Waals surface area contributed by atoms with Gasteiger partial charge < -0.3 is 9.67 Å². The average Bonchev–Trinajstić information content (AvgIpc) is 2.82. The van der Waals surface area contributed by atoms with Crippen LogP contribution in [0.1, 0.15) is 5.56 Å². The van der Waals surface area contributed by atoms with Crippen molar-refractivity contribution >= 4 is 16.6 Å². The predicted octanol–water partition coefficient (Wildman–Crippen LogP) is 4.41. The Morgan fingerprint density at radius 3 is 2.65 bits per heavy atom. The van der Waals surface area contributed by atoms with Crippen molar-refractivity contribution in [1.82, 2.24) is 4.57 Å². The van der Waals surface area contributed by atoms with Gasteiger partial charge in [0.2, 0.25) is 0 Å². The number of phenolic OH excluding ortho intramolecular Hbond substituents is 1. The van der Waals surface area contributed by atoms with Crippen molar-refractivity contribution in [3.8, 4) is 16.9 Å². The SMILES string of the molecule is [C-]#[N+]c1cc(-c2ccc(C)c(O)c2)c2ccn(C)c2c1. The van der Waals surface area contributed by atoms with Crippen molar-refractivity contribution in [1.29, 1.82) is 0 Å². The Morgan fingerprint density at radius 2 is 1.95 bits per heavy atom. The molecule has 0 saturated heterocycles. The standard InChI is InChI=1S/C17H14N2O/c1-11-4-5-12(8-17(11)20)15-9-13(18-2)10-16-14(15)6-7-19(16)3/h4-10,20H,1,3H3. The molecular formula is C17H14N2O. The van der Waals surface area contributed by atoms with Gasteiger partial charge in [0, 0.05) is 24.1 Å². The average molecular weight is 262 g/mol. The molecule has 1 N–H and O–H groups in total. The third-order valence-corrected chi connectivity index (χ3v) is 3.64. The summed E-state index contributed by atoms with van der Waals surface area (Å²) >= 11 is 0. The highest BCUT2D eigenvalue weighted by molar-refractivity contribution is 5.98. The molecule has 0 unspecified atom stereocenters. The number of rotatable bonds is 1. The lowest BCUT2D eigenvalue weighted by Crippen LogP contribution is -1.86. The minimum Gasteiger partial charge on any atom is -0.508 e. The molecule has 0 saturated carbocycles. The van der Waals surface area contributed by atoms with Crippen LogP contribution in [0.5, 0.6) is 5.75 Å². The molecule has 3 rings (SSSR count). The zero-order chi connectivity index (χ0) is 14.3. The number of phenols is 1. The van der Waals surface area contributed by atoms with Crippen LogP contribution in [0.4, 0.5) is 5.69 Å². The zero-order valence-corrected chi connectivity index (χ0v) is 11.4. The molecular weight excluding hydrogens is 248 g/mol. The van der Waals surface area contributed by atoms with Crippen molar-refractivity contribution in [3.63, 3.8) is 0 Å². The third-order valence-electron chi connectivity index (χ3n) is 3.64. The number of aromatic nitrogens is 1. The smallest absolute Gasteiger partial charge is 0.189 e. The molecule has 1 heterocycles. The van der Waals surface area contributed by atoms with Crippen molar-refractivity contribution in [2.45, 2.75) is 6.92 Å². The van der Waals surface area contributed by atoms with Gasteiger partial charge in [-0.05, 0) is 47.9 Å². The van der Waals surface area contributed by atoms with E-state index in [4.69, 9.17) is 6.57 Å². The fourth-order valence-corrected chi connectivity index (χ4v) is 2.44. The minimum absolute atomic E-state index is 0.278. The van der Waals surface area contributed by atoms with Gasteiger partial charge in [-0.1, -0.05) is 12.1 Å². The number of benzene rings is 2. The van der Waals surface area contributed by atoms with Crippen LogP contribution in [0.2, 0.25) is 0 Å². The summed E-state index contributed by atoms with van der Waals surface area (Å²) in [5, 5.41) is 11.0. The number of hydrogen-bond donors (Lipinski definition) is 1. The quantitative estimate of drug-likeness (QED) is 0.647. The van der Waals surface area contributed by atoms with E-state index < -0.39 is 0 Å². The second kappa shape index (κ2) is 4.43. The van der Waals surface area contributed by atoms with E-state index in [9.17, 15) is 5.11 Å². The Hall–Kier alpha value is -2.73. The maximum Gasteiger partial charge on any atom is 0.189 e. The molecule has 0 bridgehead atoms. The maximum atomic E-state index is 9.90. The Labute approximate surface area is 117 Å².